The molecule has 1 saturated carbocycles. The lowest BCUT2D eigenvalue weighted by atomic mass is 9.70. The topological polar surface area (TPSA) is 91.2 Å². The highest BCUT2D eigenvalue weighted by atomic mass is 16.7. The second-order valence-electron chi connectivity index (χ2n) is 7.84. The molecule has 134 valence electrons. The van der Waals surface area contributed by atoms with Crippen LogP contribution >= 0.6 is 0 Å². The monoisotopic (exact) mass is 343 g/mol. The molecule has 25 heavy (non-hydrogen) atoms. The van der Waals surface area contributed by atoms with Gasteiger partial charge in [0.25, 0.3) is 0 Å². The van der Waals surface area contributed by atoms with E-state index >= 15 is 0 Å². The van der Waals surface area contributed by atoms with Crippen molar-refractivity contribution in [3.05, 3.63) is 35.7 Å². The Morgan fingerprint density at radius 1 is 1.12 bits per heavy atom. The van der Waals surface area contributed by atoms with Gasteiger partial charge in [0.15, 0.2) is 0 Å². The highest BCUT2D eigenvalue weighted by Gasteiger charge is 2.32. The molecule has 0 amide bonds. The zero-order valence-electron chi connectivity index (χ0n) is 15.0. The molecule has 0 spiro atoms. The number of hydrogen-bond acceptors (Lipinski definition) is 6. The molecular weight excluding hydrogens is 318 g/mol. The van der Waals surface area contributed by atoms with Gasteiger partial charge < -0.3 is 9.25 Å². The fourth-order valence-electron chi connectivity index (χ4n) is 3.54. The van der Waals surface area contributed by atoms with Crippen LogP contribution in [0.25, 0.3) is 11.5 Å². The molecule has 6 nitrogen and oxygen atoms in total. The molecule has 1 fully saturated rings. The third-order valence-electron chi connectivity index (χ3n) is 5.22. The van der Waals surface area contributed by atoms with E-state index in [9.17, 15) is 4.79 Å². The van der Waals surface area contributed by atoms with Gasteiger partial charge in [0.05, 0.1) is 5.56 Å². The van der Waals surface area contributed by atoms with Crippen LogP contribution in [-0.4, -0.2) is 16.2 Å². The Morgan fingerprint density at radius 3 is 2.32 bits per heavy atom. The first-order chi connectivity index (χ1) is 11.9. The average molecular weight is 343 g/mol. The third-order valence-corrected chi connectivity index (χ3v) is 5.22. The van der Waals surface area contributed by atoms with E-state index in [0.29, 0.717) is 28.7 Å². The van der Waals surface area contributed by atoms with E-state index in [0.717, 1.165) is 24.3 Å². The smallest absolute Gasteiger partial charge is 0.356 e. The summed E-state index contributed by atoms with van der Waals surface area (Å²) in [5.74, 6) is 6.59. The van der Waals surface area contributed by atoms with E-state index in [-0.39, 0.29) is 0 Å². The highest BCUT2D eigenvalue weighted by Crippen LogP contribution is 2.43. The second-order valence-corrected chi connectivity index (χ2v) is 7.84. The van der Waals surface area contributed by atoms with Gasteiger partial charge in [-0.05, 0) is 61.3 Å². The summed E-state index contributed by atoms with van der Waals surface area (Å²) < 4.78 is 5.89. The fraction of sp³-hybridized carbons (Fsp3) is 0.526. The zero-order chi connectivity index (χ0) is 18.0. The molecule has 0 bridgehead atoms. The Balaban J connectivity index is 1.68. The summed E-state index contributed by atoms with van der Waals surface area (Å²) in [6.45, 7) is 6.94. The molecule has 0 atom stereocenters. The molecule has 1 aliphatic carbocycles. The molecule has 1 aromatic carbocycles. The average Bonchev–Trinajstić information content (AvgIpc) is 3.10. The predicted octanol–water partition coefficient (Wildman–Crippen LogP) is 4.09. The number of nitrogens with two attached hydrogens (primary N) is 1. The summed E-state index contributed by atoms with van der Waals surface area (Å²) in [6.07, 6.45) is 4.57. The van der Waals surface area contributed by atoms with E-state index in [1.807, 2.05) is 0 Å². The zero-order valence-corrected chi connectivity index (χ0v) is 15.0. The normalized spacial score (nSPS) is 21.1. The molecule has 1 aromatic heterocycles. The Kier molecular flexibility index (Phi) is 4.90. The summed E-state index contributed by atoms with van der Waals surface area (Å²) in [6, 6.07) is 6.76. The van der Waals surface area contributed by atoms with E-state index in [4.69, 9.17) is 10.3 Å². The van der Waals surface area contributed by atoms with Crippen molar-refractivity contribution >= 4 is 5.97 Å². The lowest BCUT2D eigenvalue weighted by Crippen LogP contribution is -2.25. The summed E-state index contributed by atoms with van der Waals surface area (Å²) >= 11 is 0. The summed E-state index contributed by atoms with van der Waals surface area (Å²) in [5, 5.41) is 8.42. The van der Waals surface area contributed by atoms with Gasteiger partial charge in [-0.1, -0.05) is 20.8 Å². The van der Waals surface area contributed by atoms with Crippen molar-refractivity contribution in [2.45, 2.75) is 52.4 Å². The van der Waals surface area contributed by atoms with Crippen LogP contribution in [0.15, 0.2) is 28.7 Å². The molecule has 2 N–H and O–H groups in total. The number of hydrogen-bond donors (Lipinski definition) is 1. The molecule has 3 rings (SSSR count). The van der Waals surface area contributed by atoms with Crippen LogP contribution in [0, 0.1) is 11.3 Å². The molecule has 0 saturated heterocycles. The molecule has 2 aromatic rings. The first-order valence-electron chi connectivity index (χ1n) is 8.73. The number of benzene rings is 1. The SMILES string of the molecule is CC(C)(C)C1CCC(c2nnc(-c3ccc(C(=O)ON)cc3)o2)CC1. The predicted molar refractivity (Wildman–Crippen MR) is 93.5 cm³/mol. The van der Waals surface area contributed by atoms with Crippen LogP contribution in [0.4, 0.5) is 0 Å². The number of rotatable bonds is 3. The van der Waals surface area contributed by atoms with Crippen molar-refractivity contribution in [3.8, 4) is 11.5 Å². The highest BCUT2D eigenvalue weighted by molar-refractivity contribution is 5.89. The minimum Gasteiger partial charge on any atom is -0.420 e. The van der Waals surface area contributed by atoms with E-state index in [1.165, 1.54) is 12.8 Å². The Hall–Kier alpha value is -2.21. The number of nitrogens with zero attached hydrogens (tertiary/aromatic N) is 2. The minimum absolute atomic E-state index is 0.339. The fourth-order valence-corrected chi connectivity index (χ4v) is 3.54. The number of carbonyl (C=O) groups excluding carboxylic acids is 1. The van der Waals surface area contributed by atoms with Crippen LogP contribution in [0.2, 0.25) is 0 Å². The maximum absolute atomic E-state index is 11.4. The molecule has 1 aliphatic rings. The Morgan fingerprint density at radius 2 is 1.76 bits per heavy atom. The quantitative estimate of drug-likeness (QED) is 0.844. The van der Waals surface area contributed by atoms with Crippen molar-refractivity contribution in [3.63, 3.8) is 0 Å². The van der Waals surface area contributed by atoms with Gasteiger partial charge in [0.2, 0.25) is 11.8 Å². The summed E-state index contributed by atoms with van der Waals surface area (Å²) in [5.41, 5.74) is 1.51. The van der Waals surface area contributed by atoms with E-state index in [2.05, 4.69) is 35.8 Å². The molecule has 0 unspecified atom stereocenters. The molecular formula is C19H25N3O3. The van der Waals surface area contributed by atoms with Crippen LogP contribution in [0.3, 0.4) is 0 Å². The summed E-state index contributed by atoms with van der Waals surface area (Å²) in [4.78, 5) is 15.6. The van der Waals surface area contributed by atoms with Crippen molar-refractivity contribution in [1.29, 1.82) is 0 Å². The first kappa shape index (κ1) is 17.6. The van der Waals surface area contributed by atoms with E-state index < -0.39 is 5.97 Å². The Labute approximate surface area is 147 Å². The largest absolute Gasteiger partial charge is 0.420 e. The molecule has 6 heteroatoms. The second kappa shape index (κ2) is 6.96. The minimum atomic E-state index is -0.576. The van der Waals surface area contributed by atoms with Crippen LogP contribution in [0.5, 0.6) is 0 Å². The van der Waals surface area contributed by atoms with Gasteiger partial charge in [0.1, 0.15) is 0 Å². The maximum atomic E-state index is 11.4. The maximum Gasteiger partial charge on any atom is 0.356 e. The lowest BCUT2D eigenvalue weighted by molar-refractivity contribution is 0.0503. The van der Waals surface area contributed by atoms with Crippen LogP contribution in [-0.2, 0) is 4.84 Å². The Bertz CT molecular complexity index is 723. The van der Waals surface area contributed by atoms with Gasteiger partial charge in [-0.15, -0.1) is 10.2 Å². The van der Waals surface area contributed by atoms with Gasteiger partial charge >= 0.3 is 5.97 Å². The van der Waals surface area contributed by atoms with Gasteiger partial charge in [-0.2, -0.15) is 5.90 Å². The van der Waals surface area contributed by atoms with Gasteiger partial charge in [0, 0.05) is 11.5 Å². The van der Waals surface area contributed by atoms with Crippen LogP contribution < -0.4 is 5.90 Å². The molecule has 0 aliphatic heterocycles. The van der Waals surface area contributed by atoms with Gasteiger partial charge in [-0.3, -0.25) is 0 Å². The van der Waals surface area contributed by atoms with Crippen molar-refractivity contribution < 1.29 is 14.0 Å². The van der Waals surface area contributed by atoms with Crippen molar-refractivity contribution in [2.75, 3.05) is 0 Å². The van der Waals surface area contributed by atoms with Gasteiger partial charge in [-0.25, -0.2) is 4.79 Å². The van der Waals surface area contributed by atoms with E-state index in [1.54, 1.807) is 24.3 Å². The first-order valence-corrected chi connectivity index (χ1v) is 8.73. The third kappa shape index (κ3) is 3.90. The van der Waals surface area contributed by atoms with Crippen LogP contribution in [0.1, 0.15) is 68.6 Å². The van der Waals surface area contributed by atoms with Crippen molar-refractivity contribution in [2.24, 2.45) is 17.2 Å². The molecule has 0 radical (unpaired) electrons. The summed E-state index contributed by atoms with van der Waals surface area (Å²) in [7, 11) is 0. The number of aromatic nitrogens is 2. The van der Waals surface area contributed by atoms with Crippen molar-refractivity contribution in [1.82, 2.24) is 10.2 Å². The standard InChI is InChI=1S/C19H25N3O3/c1-19(2,3)15-10-8-13(9-11-15)17-22-21-16(24-17)12-4-6-14(7-5-12)18(23)25-20/h4-7,13,15H,8-11,20H2,1-3H3. The number of carbonyl (C=O) groups is 1. The molecule has 1 heterocycles. The lowest BCUT2D eigenvalue weighted by Gasteiger charge is -2.36.